The van der Waals surface area contributed by atoms with E-state index in [2.05, 4.69) is 21.0 Å². The van der Waals surface area contributed by atoms with Crippen LogP contribution in [0.15, 0.2) is 47.4 Å². The molecule has 2 N–H and O–H groups in total. The molecule has 3 rings (SSSR count). The molecule has 164 valence electrons. The maximum atomic E-state index is 13.2. The fraction of sp³-hybridized carbons (Fsp3) is 0.333. The summed E-state index contributed by atoms with van der Waals surface area (Å²) in [7, 11) is -4.03. The van der Waals surface area contributed by atoms with Gasteiger partial charge in [-0.3, -0.25) is 4.79 Å². The molecule has 0 aromatic heterocycles. The normalized spacial score (nSPS) is 14.8. The zero-order valence-corrected chi connectivity index (χ0v) is 17.5. The number of anilines is 1. The first-order valence-corrected chi connectivity index (χ1v) is 11.3. The summed E-state index contributed by atoms with van der Waals surface area (Å²) in [5.74, 6) is -2.68. The van der Waals surface area contributed by atoms with Crippen molar-refractivity contribution < 1.29 is 22.0 Å². The van der Waals surface area contributed by atoms with E-state index in [1.807, 2.05) is 12.1 Å². The van der Waals surface area contributed by atoms with E-state index in [1.165, 1.54) is 0 Å². The van der Waals surface area contributed by atoms with Gasteiger partial charge in [-0.1, -0.05) is 0 Å². The van der Waals surface area contributed by atoms with Crippen LogP contribution in [-0.4, -0.2) is 40.0 Å². The lowest BCUT2D eigenvalue weighted by atomic mass is 10.0. The van der Waals surface area contributed by atoms with E-state index >= 15 is 0 Å². The zero-order chi connectivity index (χ0) is 22.4. The summed E-state index contributed by atoms with van der Waals surface area (Å²) in [5, 5.41) is 11.8. The second-order valence-corrected chi connectivity index (χ2v) is 8.98. The van der Waals surface area contributed by atoms with Gasteiger partial charge in [0.15, 0.2) is 11.6 Å². The lowest BCUT2D eigenvalue weighted by Crippen LogP contribution is -2.45. The molecular formula is C21H22F2N4O3S. The number of nitrogens with one attached hydrogen (secondary N) is 2. The first-order chi connectivity index (χ1) is 14.8. The third-order valence-electron chi connectivity index (χ3n) is 5.07. The number of nitriles is 1. The first kappa shape index (κ1) is 22.7. The smallest absolute Gasteiger partial charge is 0.240 e. The summed E-state index contributed by atoms with van der Waals surface area (Å²) >= 11 is 0. The molecule has 0 atom stereocenters. The molecule has 2 aromatic rings. The molecule has 10 heteroatoms. The van der Waals surface area contributed by atoms with Crippen LogP contribution in [0.2, 0.25) is 0 Å². The van der Waals surface area contributed by atoms with Crippen LogP contribution < -0.4 is 14.9 Å². The van der Waals surface area contributed by atoms with Gasteiger partial charge in [0.1, 0.15) is 0 Å². The fourth-order valence-electron chi connectivity index (χ4n) is 3.35. The third kappa shape index (κ3) is 5.99. The summed E-state index contributed by atoms with van der Waals surface area (Å²) in [5.41, 5.74) is 1.63. The highest BCUT2D eigenvalue weighted by Gasteiger charge is 2.21. The summed E-state index contributed by atoms with van der Waals surface area (Å²) < 4.78 is 52.7. The fourth-order valence-corrected chi connectivity index (χ4v) is 4.40. The number of hydrogen-bond acceptors (Lipinski definition) is 5. The van der Waals surface area contributed by atoms with Gasteiger partial charge in [-0.15, -0.1) is 0 Å². The quantitative estimate of drug-likeness (QED) is 0.677. The molecule has 1 fully saturated rings. The lowest BCUT2D eigenvalue weighted by molar-refractivity contribution is -0.121. The molecule has 1 amide bonds. The van der Waals surface area contributed by atoms with E-state index < -0.39 is 26.6 Å². The van der Waals surface area contributed by atoms with Crippen molar-refractivity contribution >= 4 is 21.6 Å². The number of nitrogens with zero attached hydrogens (tertiary/aromatic N) is 2. The van der Waals surface area contributed by atoms with Crippen LogP contribution >= 0.6 is 0 Å². The number of halogens is 2. The number of hydrogen-bond donors (Lipinski definition) is 2. The van der Waals surface area contributed by atoms with E-state index in [1.54, 1.807) is 12.1 Å². The van der Waals surface area contributed by atoms with Crippen molar-refractivity contribution in [3.63, 3.8) is 0 Å². The molecule has 0 radical (unpaired) electrons. The van der Waals surface area contributed by atoms with Gasteiger partial charge in [0, 0.05) is 37.8 Å². The maximum Gasteiger partial charge on any atom is 0.240 e. The monoisotopic (exact) mass is 448 g/mol. The van der Waals surface area contributed by atoms with Crippen LogP contribution in [0.5, 0.6) is 0 Å². The summed E-state index contributed by atoms with van der Waals surface area (Å²) in [6, 6.07) is 11.7. The molecular weight excluding hydrogens is 426 g/mol. The summed E-state index contributed by atoms with van der Waals surface area (Å²) in [6.07, 6.45) is 1.41. The number of amides is 1. The highest BCUT2D eigenvalue weighted by Crippen LogP contribution is 2.20. The van der Waals surface area contributed by atoms with Gasteiger partial charge in [-0.05, 0) is 55.3 Å². The molecule has 1 heterocycles. The minimum Gasteiger partial charge on any atom is -0.371 e. The number of piperidine rings is 1. The third-order valence-corrected chi connectivity index (χ3v) is 6.53. The van der Waals surface area contributed by atoms with Crippen LogP contribution in [0.1, 0.15) is 24.8 Å². The van der Waals surface area contributed by atoms with Crippen molar-refractivity contribution in [2.24, 2.45) is 0 Å². The van der Waals surface area contributed by atoms with Crippen LogP contribution in [0.25, 0.3) is 0 Å². The Balaban J connectivity index is 1.42. The lowest BCUT2D eigenvalue weighted by Gasteiger charge is -2.34. The number of carbonyl (C=O) groups excluding carboxylic acids is 1. The number of benzene rings is 2. The van der Waals surface area contributed by atoms with Gasteiger partial charge >= 0.3 is 0 Å². The van der Waals surface area contributed by atoms with E-state index in [4.69, 9.17) is 5.26 Å². The topological polar surface area (TPSA) is 102 Å². The van der Waals surface area contributed by atoms with E-state index in [0.717, 1.165) is 43.8 Å². The molecule has 31 heavy (non-hydrogen) atoms. The first-order valence-electron chi connectivity index (χ1n) is 9.78. The van der Waals surface area contributed by atoms with Crippen LogP contribution in [0.3, 0.4) is 0 Å². The molecule has 2 aromatic carbocycles. The Morgan fingerprint density at radius 3 is 2.39 bits per heavy atom. The standard InChI is InChI=1S/C21H22F2N4O3S/c22-19-6-5-18(13-20(19)23)31(29,30)25-10-7-21(28)26-16-8-11-27(12-9-16)17-3-1-15(14-24)2-4-17/h1-6,13,16,25H,7-12H2,(H,26,28). The van der Waals surface area contributed by atoms with Crippen LogP contribution in [0.4, 0.5) is 14.5 Å². The highest BCUT2D eigenvalue weighted by molar-refractivity contribution is 7.89. The van der Waals surface area contributed by atoms with Gasteiger partial charge in [-0.2, -0.15) is 5.26 Å². The van der Waals surface area contributed by atoms with Crippen molar-refractivity contribution in [1.29, 1.82) is 5.26 Å². The van der Waals surface area contributed by atoms with Gasteiger partial charge in [0.2, 0.25) is 15.9 Å². The maximum absolute atomic E-state index is 13.2. The van der Waals surface area contributed by atoms with E-state index in [-0.39, 0.29) is 24.9 Å². The molecule has 0 bridgehead atoms. The number of sulfonamides is 1. The van der Waals surface area contributed by atoms with Gasteiger partial charge in [0.25, 0.3) is 0 Å². The summed E-state index contributed by atoms with van der Waals surface area (Å²) in [6.45, 7) is 1.34. The van der Waals surface area contributed by atoms with Crippen molar-refractivity contribution in [3.8, 4) is 6.07 Å². The van der Waals surface area contributed by atoms with Gasteiger partial charge < -0.3 is 10.2 Å². The molecule has 0 aliphatic carbocycles. The average molecular weight is 448 g/mol. The molecule has 0 unspecified atom stereocenters. The minimum absolute atomic E-state index is 0.00932. The van der Waals surface area contributed by atoms with Crippen molar-refractivity contribution in [1.82, 2.24) is 10.0 Å². The predicted molar refractivity (Wildman–Crippen MR) is 111 cm³/mol. The Hall–Kier alpha value is -3.03. The Morgan fingerprint density at radius 1 is 1.10 bits per heavy atom. The van der Waals surface area contributed by atoms with Crippen molar-refractivity contribution in [3.05, 3.63) is 59.7 Å². The van der Waals surface area contributed by atoms with Crippen LogP contribution in [-0.2, 0) is 14.8 Å². The number of rotatable bonds is 7. The molecule has 1 aliphatic rings. The van der Waals surface area contributed by atoms with Crippen molar-refractivity contribution in [2.75, 3.05) is 24.5 Å². The van der Waals surface area contributed by atoms with E-state index in [0.29, 0.717) is 11.6 Å². The van der Waals surface area contributed by atoms with Gasteiger partial charge in [-0.25, -0.2) is 21.9 Å². The SMILES string of the molecule is N#Cc1ccc(N2CCC(NC(=O)CCNS(=O)(=O)c3ccc(F)c(F)c3)CC2)cc1. The molecule has 7 nitrogen and oxygen atoms in total. The average Bonchev–Trinajstić information content (AvgIpc) is 2.76. The summed E-state index contributed by atoms with van der Waals surface area (Å²) in [4.78, 5) is 13.9. The Bertz CT molecular complexity index is 1080. The minimum atomic E-state index is -4.03. The predicted octanol–water partition coefficient (Wildman–Crippen LogP) is 2.29. The molecule has 0 spiro atoms. The van der Waals surface area contributed by atoms with Crippen LogP contribution in [0, 0.1) is 23.0 Å². The largest absolute Gasteiger partial charge is 0.371 e. The van der Waals surface area contributed by atoms with Crippen molar-refractivity contribution in [2.45, 2.75) is 30.2 Å². The second-order valence-electron chi connectivity index (χ2n) is 7.21. The Morgan fingerprint density at radius 2 is 1.77 bits per heavy atom. The Labute approximate surface area is 179 Å². The molecule has 1 aliphatic heterocycles. The molecule has 0 saturated carbocycles. The zero-order valence-electron chi connectivity index (χ0n) is 16.6. The second kappa shape index (κ2) is 9.85. The molecule has 1 saturated heterocycles. The Kier molecular flexibility index (Phi) is 7.20. The van der Waals surface area contributed by atoms with E-state index in [9.17, 15) is 22.0 Å². The number of carbonyl (C=O) groups is 1. The highest BCUT2D eigenvalue weighted by atomic mass is 32.2. The van der Waals surface area contributed by atoms with Gasteiger partial charge in [0.05, 0.1) is 16.5 Å².